The highest BCUT2D eigenvalue weighted by molar-refractivity contribution is 5.79. The Balaban J connectivity index is 0.000000251. The van der Waals surface area contributed by atoms with Crippen molar-refractivity contribution in [1.29, 1.82) is 0 Å². The number of hydrogen-bond acceptors (Lipinski definition) is 5. The van der Waals surface area contributed by atoms with Crippen LogP contribution < -0.4 is 0 Å². The first-order valence-electron chi connectivity index (χ1n) is 16.7. The van der Waals surface area contributed by atoms with Crippen molar-refractivity contribution in [3.05, 3.63) is 59.7 Å². The van der Waals surface area contributed by atoms with Crippen LogP contribution in [0.4, 0.5) is 0 Å². The standard InChI is InChI=1S/C17H34O2.C16H14O2.C5H10O/c1-6-9-12-17(13-10-7-2,16(18)19-5)14-11-15(4)8-3;1-11(17)18-10-16-14-8-4-2-6-12(14)13-7-3-5-9-15(13)16;1-5-3-2-4-6-5/h15H,6-14H2,1-5H3;2-9,16H,10H2,1H3;5H,2-4H2,1H3/t15-;;/m0../s1. The van der Waals surface area contributed by atoms with Crippen molar-refractivity contribution in [1.82, 2.24) is 0 Å². The number of rotatable bonds is 13. The smallest absolute Gasteiger partial charge is 0.311 e. The Bertz CT molecular complexity index is 1030. The Morgan fingerprint density at radius 1 is 0.930 bits per heavy atom. The number of carbonyl (C=O) groups is 2. The number of carbonyl (C=O) groups excluding carboxylic acids is 2. The molecule has 0 N–H and O–H groups in total. The predicted molar refractivity (Wildman–Crippen MR) is 177 cm³/mol. The fourth-order valence-corrected chi connectivity index (χ4v) is 6.03. The maximum Gasteiger partial charge on any atom is 0.311 e. The quantitative estimate of drug-likeness (QED) is 0.216. The van der Waals surface area contributed by atoms with E-state index in [4.69, 9.17) is 14.2 Å². The molecule has 0 radical (unpaired) electrons. The second-order valence-electron chi connectivity index (χ2n) is 12.4. The van der Waals surface area contributed by atoms with Crippen molar-refractivity contribution in [2.75, 3.05) is 20.3 Å². The van der Waals surface area contributed by atoms with Crippen LogP contribution >= 0.6 is 0 Å². The first kappa shape index (κ1) is 36.5. The number of hydrogen-bond donors (Lipinski definition) is 0. The van der Waals surface area contributed by atoms with Crippen LogP contribution in [-0.4, -0.2) is 38.4 Å². The lowest BCUT2D eigenvalue weighted by molar-refractivity contribution is -0.154. The molecule has 0 saturated carbocycles. The van der Waals surface area contributed by atoms with Crippen LogP contribution in [0.15, 0.2) is 48.5 Å². The van der Waals surface area contributed by atoms with Crippen LogP contribution in [0.1, 0.15) is 129 Å². The molecule has 1 aliphatic carbocycles. The van der Waals surface area contributed by atoms with Gasteiger partial charge in [-0.3, -0.25) is 9.59 Å². The molecule has 2 aliphatic rings. The summed E-state index contributed by atoms with van der Waals surface area (Å²) in [5.41, 5.74) is 4.79. The van der Waals surface area contributed by atoms with E-state index in [1.807, 2.05) is 24.3 Å². The van der Waals surface area contributed by atoms with E-state index < -0.39 is 0 Å². The Hall–Kier alpha value is -2.66. The Kier molecular flexibility index (Phi) is 16.6. The zero-order valence-corrected chi connectivity index (χ0v) is 28.1. The number of benzene rings is 2. The molecule has 5 nitrogen and oxygen atoms in total. The van der Waals surface area contributed by atoms with Crippen LogP contribution in [0.25, 0.3) is 11.1 Å². The largest absolute Gasteiger partial charge is 0.469 e. The normalized spacial score (nSPS) is 16.1. The van der Waals surface area contributed by atoms with Crippen LogP contribution in [0.2, 0.25) is 0 Å². The minimum absolute atomic E-state index is 0.0257. The fourth-order valence-electron chi connectivity index (χ4n) is 6.03. The zero-order chi connectivity index (χ0) is 31.7. The molecule has 43 heavy (non-hydrogen) atoms. The van der Waals surface area contributed by atoms with Crippen LogP contribution in [0.3, 0.4) is 0 Å². The summed E-state index contributed by atoms with van der Waals surface area (Å²) in [7, 11) is 1.54. The lowest BCUT2D eigenvalue weighted by Gasteiger charge is -2.32. The van der Waals surface area contributed by atoms with E-state index in [1.165, 1.54) is 55.5 Å². The minimum atomic E-state index is -0.225. The molecule has 0 spiro atoms. The summed E-state index contributed by atoms with van der Waals surface area (Å²) in [4.78, 5) is 23.3. The van der Waals surface area contributed by atoms with Gasteiger partial charge in [-0.15, -0.1) is 0 Å². The summed E-state index contributed by atoms with van der Waals surface area (Å²) in [6, 6.07) is 16.6. The van der Waals surface area contributed by atoms with Gasteiger partial charge in [-0.2, -0.15) is 0 Å². The monoisotopic (exact) mass is 594 g/mol. The molecule has 5 heteroatoms. The van der Waals surface area contributed by atoms with E-state index in [0.717, 1.165) is 58.0 Å². The van der Waals surface area contributed by atoms with E-state index >= 15 is 0 Å². The molecule has 1 aliphatic heterocycles. The minimum Gasteiger partial charge on any atom is -0.469 e. The molecule has 1 unspecified atom stereocenters. The van der Waals surface area contributed by atoms with Gasteiger partial charge in [-0.05, 0) is 73.6 Å². The number of esters is 2. The lowest BCUT2D eigenvalue weighted by Crippen LogP contribution is -2.33. The molecule has 1 saturated heterocycles. The first-order valence-corrected chi connectivity index (χ1v) is 16.7. The van der Waals surface area contributed by atoms with E-state index in [9.17, 15) is 9.59 Å². The molecule has 0 bridgehead atoms. The zero-order valence-electron chi connectivity index (χ0n) is 28.1. The van der Waals surface area contributed by atoms with Crippen molar-refractivity contribution in [3.8, 4) is 11.1 Å². The topological polar surface area (TPSA) is 61.8 Å². The summed E-state index contributed by atoms with van der Waals surface area (Å²) < 4.78 is 15.5. The van der Waals surface area contributed by atoms with Gasteiger partial charge in [0.2, 0.25) is 0 Å². The van der Waals surface area contributed by atoms with Crippen molar-refractivity contribution in [3.63, 3.8) is 0 Å². The second-order valence-corrected chi connectivity index (χ2v) is 12.4. The van der Waals surface area contributed by atoms with E-state index in [1.54, 1.807) is 0 Å². The maximum absolute atomic E-state index is 12.3. The molecule has 4 rings (SSSR count). The molecule has 2 atom stereocenters. The summed E-state index contributed by atoms with van der Waals surface area (Å²) in [5.74, 6) is 0.670. The Morgan fingerprint density at radius 3 is 1.88 bits per heavy atom. The molecular weight excluding hydrogens is 536 g/mol. The fraction of sp³-hybridized carbons (Fsp3) is 0.632. The SMILES string of the molecule is CC(=O)OCC1c2ccccc2-c2ccccc21.CC1CCCO1.CCCCC(CCCC)(CC[C@@H](C)CC)C(=O)OC. The van der Waals surface area contributed by atoms with Gasteiger partial charge >= 0.3 is 11.9 Å². The maximum atomic E-state index is 12.3. The van der Waals surface area contributed by atoms with Crippen molar-refractivity contribution in [2.24, 2.45) is 11.3 Å². The highest BCUT2D eigenvalue weighted by atomic mass is 16.5. The Labute approximate surface area is 262 Å². The summed E-state index contributed by atoms with van der Waals surface area (Å²) in [5, 5.41) is 0. The molecular formula is C38H58O5. The van der Waals surface area contributed by atoms with E-state index in [0.29, 0.717) is 18.6 Å². The van der Waals surface area contributed by atoms with Crippen LogP contribution in [0.5, 0.6) is 0 Å². The molecule has 2 aromatic carbocycles. The summed E-state index contributed by atoms with van der Waals surface area (Å²) >= 11 is 0. The summed E-state index contributed by atoms with van der Waals surface area (Å²) in [6.45, 7) is 13.9. The number of ether oxygens (including phenoxy) is 3. The summed E-state index contributed by atoms with van der Waals surface area (Å²) in [6.07, 6.45) is 12.9. The van der Waals surface area contributed by atoms with Gasteiger partial charge in [-0.1, -0.05) is 108 Å². The van der Waals surface area contributed by atoms with Gasteiger partial charge < -0.3 is 14.2 Å². The molecule has 1 heterocycles. The van der Waals surface area contributed by atoms with Gasteiger partial charge in [0.05, 0.1) is 18.6 Å². The third-order valence-electron chi connectivity index (χ3n) is 9.02. The highest BCUT2D eigenvalue weighted by Gasteiger charge is 2.38. The van der Waals surface area contributed by atoms with E-state index in [-0.39, 0.29) is 23.3 Å². The third-order valence-corrected chi connectivity index (χ3v) is 9.02. The van der Waals surface area contributed by atoms with Gasteiger partial charge in [-0.25, -0.2) is 0 Å². The third kappa shape index (κ3) is 11.4. The van der Waals surface area contributed by atoms with E-state index in [2.05, 4.69) is 58.9 Å². The molecule has 2 aromatic rings. The number of fused-ring (bicyclic) bond motifs is 3. The second kappa shape index (κ2) is 19.6. The number of unbranched alkanes of at least 4 members (excludes halogenated alkanes) is 2. The average molecular weight is 595 g/mol. The molecule has 240 valence electrons. The van der Waals surface area contributed by atoms with Crippen molar-refractivity contribution < 1.29 is 23.8 Å². The van der Waals surface area contributed by atoms with Crippen molar-refractivity contribution in [2.45, 2.75) is 124 Å². The lowest BCUT2D eigenvalue weighted by atomic mass is 9.73. The average Bonchev–Trinajstić information content (AvgIpc) is 3.64. The molecule has 1 fully saturated rings. The molecule has 0 aromatic heterocycles. The molecule has 0 amide bonds. The van der Waals surface area contributed by atoms with Gasteiger partial charge in [0.25, 0.3) is 0 Å². The highest BCUT2D eigenvalue weighted by Crippen LogP contribution is 2.44. The van der Waals surface area contributed by atoms with Crippen LogP contribution in [-0.2, 0) is 23.8 Å². The van der Waals surface area contributed by atoms with Gasteiger partial charge in [0.15, 0.2) is 0 Å². The predicted octanol–water partition coefficient (Wildman–Crippen LogP) is 9.90. The van der Waals surface area contributed by atoms with Gasteiger partial charge in [0.1, 0.15) is 6.61 Å². The first-order chi connectivity index (χ1) is 20.7. The van der Waals surface area contributed by atoms with Crippen molar-refractivity contribution >= 4 is 11.9 Å². The number of methoxy groups -OCH3 is 1. The Morgan fingerprint density at radius 2 is 1.49 bits per heavy atom. The van der Waals surface area contributed by atoms with Gasteiger partial charge in [0, 0.05) is 19.4 Å². The van der Waals surface area contributed by atoms with Crippen LogP contribution in [0, 0.1) is 11.3 Å².